The summed E-state index contributed by atoms with van der Waals surface area (Å²) in [5.41, 5.74) is 12.1. The van der Waals surface area contributed by atoms with Crippen molar-refractivity contribution in [1.29, 1.82) is 0 Å². The largest absolute Gasteiger partial charge is 0.508 e. The molecule has 0 radical (unpaired) electrons. The number of aliphatic carboxylic acids is 1. The Morgan fingerprint density at radius 1 is 0.892 bits per heavy atom. The van der Waals surface area contributed by atoms with Gasteiger partial charge >= 0.3 is 5.97 Å². The molecule has 0 aromatic heterocycles. The van der Waals surface area contributed by atoms with E-state index < -0.39 is 54.0 Å². The Morgan fingerprint density at radius 3 is 1.97 bits per heavy atom. The van der Waals surface area contributed by atoms with E-state index in [1.54, 1.807) is 12.1 Å². The number of hydrogen-bond acceptors (Lipinski definition) is 8. The molecule has 3 amide bonds. The van der Waals surface area contributed by atoms with Crippen molar-refractivity contribution in [2.24, 2.45) is 17.4 Å². The van der Waals surface area contributed by atoms with Crippen LogP contribution in [0.1, 0.15) is 52.0 Å². The molecule has 0 spiro atoms. The van der Waals surface area contributed by atoms with Crippen LogP contribution in [0.2, 0.25) is 0 Å². The SMILES string of the molecule is CC(C)CC(N)C(=O)NC(CCCCN)C(=O)NC(Cc1ccc(O)cc1)C(=O)NC(C(=O)O)C(C)O. The van der Waals surface area contributed by atoms with Crippen LogP contribution in [0.15, 0.2) is 24.3 Å². The molecule has 1 aromatic rings. The molecule has 37 heavy (non-hydrogen) atoms. The lowest BCUT2D eigenvalue weighted by Crippen LogP contribution is -2.58. The zero-order valence-electron chi connectivity index (χ0n) is 21.6. The van der Waals surface area contributed by atoms with E-state index in [2.05, 4.69) is 16.0 Å². The first-order chi connectivity index (χ1) is 17.3. The van der Waals surface area contributed by atoms with Crippen molar-refractivity contribution in [3.05, 3.63) is 29.8 Å². The maximum absolute atomic E-state index is 13.2. The maximum Gasteiger partial charge on any atom is 0.328 e. The van der Waals surface area contributed by atoms with Crippen LogP contribution in [0.25, 0.3) is 0 Å². The Labute approximate surface area is 217 Å². The summed E-state index contributed by atoms with van der Waals surface area (Å²) in [6.45, 7) is 5.46. The minimum Gasteiger partial charge on any atom is -0.508 e. The van der Waals surface area contributed by atoms with Gasteiger partial charge in [-0.05, 0) is 62.8 Å². The fourth-order valence-electron chi connectivity index (χ4n) is 3.65. The summed E-state index contributed by atoms with van der Waals surface area (Å²) in [4.78, 5) is 50.4. The van der Waals surface area contributed by atoms with E-state index in [9.17, 15) is 34.5 Å². The zero-order valence-corrected chi connectivity index (χ0v) is 21.6. The number of benzene rings is 1. The molecular formula is C25H41N5O7. The molecule has 1 rings (SSSR count). The molecule has 0 heterocycles. The van der Waals surface area contributed by atoms with Gasteiger partial charge in [0, 0.05) is 6.42 Å². The van der Waals surface area contributed by atoms with Crippen LogP contribution in [-0.4, -0.2) is 75.8 Å². The lowest BCUT2D eigenvalue weighted by atomic mass is 10.0. The van der Waals surface area contributed by atoms with Gasteiger partial charge in [0.15, 0.2) is 6.04 Å². The monoisotopic (exact) mass is 523 g/mol. The van der Waals surface area contributed by atoms with Gasteiger partial charge in [-0.2, -0.15) is 0 Å². The third-order valence-electron chi connectivity index (χ3n) is 5.70. The Morgan fingerprint density at radius 2 is 1.46 bits per heavy atom. The standard InChI is InChI=1S/C25H41N5O7/c1-14(2)12-18(27)22(33)28-19(6-4-5-11-26)23(34)29-20(13-16-7-9-17(32)10-8-16)24(35)30-21(15(3)31)25(36)37/h7-10,14-15,18-21,31-32H,4-6,11-13,26-27H2,1-3H3,(H,28,33)(H,29,34)(H,30,35)(H,36,37). The fraction of sp³-hybridized carbons (Fsp3) is 0.600. The number of rotatable bonds is 16. The highest BCUT2D eigenvalue weighted by Gasteiger charge is 2.32. The smallest absolute Gasteiger partial charge is 0.328 e. The molecular weight excluding hydrogens is 482 g/mol. The molecule has 0 saturated heterocycles. The number of amides is 3. The van der Waals surface area contributed by atoms with Crippen molar-refractivity contribution >= 4 is 23.7 Å². The minimum atomic E-state index is -1.60. The van der Waals surface area contributed by atoms with E-state index in [-0.39, 0.29) is 24.5 Å². The molecule has 0 bridgehead atoms. The Bertz CT molecular complexity index is 892. The molecule has 208 valence electrons. The van der Waals surface area contributed by atoms with Gasteiger partial charge in [0.25, 0.3) is 0 Å². The van der Waals surface area contributed by atoms with Gasteiger partial charge in [-0.15, -0.1) is 0 Å². The number of phenolic OH excluding ortho intramolecular Hbond substituents is 1. The Kier molecular flexibility index (Phi) is 13.6. The molecule has 0 aliphatic carbocycles. The van der Waals surface area contributed by atoms with Crippen molar-refractivity contribution < 1.29 is 34.5 Å². The highest BCUT2D eigenvalue weighted by molar-refractivity contribution is 5.94. The predicted octanol–water partition coefficient (Wildman–Crippen LogP) is -0.643. The number of nitrogens with one attached hydrogen (secondary N) is 3. The molecule has 0 saturated carbocycles. The van der Waals surface area contributed by atoms with Gasteiger partial charge in [0.2, 0.25) is 17.7 Å². The number of nitrogens with two attached hydrogens (primary N) is 2. The number of aromatic hydroxyl groups is 1. The van der Waals surface area contributed by atoms with Gasteiger partial charge in [-0.1, -0.05) is 26.0 Å². The molecule has 5 atom stereocenters. The Hall–Kier alpha value is -3.22. The minimum absolute atomic E-state index is 0.00856. The lowest BCUT2D eigenvalue weighted by molar-refractivity contribution is -0.145. The fourth-order valence-corrected chi connectivity index (χ4v) is 3.65. The number of hydrogen-bond donors (Lipinski definition) is 8. The van der Waals surface area contributed by atoms with Crippen LogP contribution < -0.4 is 27.4 Å². The highest BCUT2D eigenvalue weighted by atomic mass is 16.4. The molecule has 12 nitrogen and oxygen atoms in total. The van der Waals surface area contributed by atoms with Gasteiger partial charge in [0.1, 0.15) is 17.8 Å². The average Bonchev–Trinajstić information content (AvgIpc) is 2.81. The molecule has 0 aliphatic heterocycles. The summed E-state index contributed by atoms with van der Waals surface area (Å²) in [5.74, 6) is -3.25. The number of aliphatic hydroxyl groups excluding tert-OH is 1. The summed E-state index contributed by atoms with van der Waals surface area (Å²) in [5, 5.41) is 36.1. The summed E-state index contributed by atoms with van der Waals surface area (Å²) >= 11 is 0. The molecule has 0 fully saturated rings. The summed E-state index contributed by atoms with van der Waals surface area (Å²) in [6.07, 6.45) is 0.390. The Balaban J connectivity index is 3.14. The van der Waals surface area contributed by atoms with Crippen molar-refractivity contribution in [2.75, 3.05) is 6.54 Å². The topological polar surface area (TPSA) is 217 Å². The van der Waals surface area contributed by atoms with Gasteiger partial charge in [-0.25, -0.2) is 4.79 Å². The predicted molar refractivity (Wildman–Crippen MR) is 137 cm³/mol. The van der Waals surface area contributed by atoms with Gasteiger partial charge in [0.05, 0.1) is 12.1 Å². The quantitative estimate of drug-likeness (QED) is 0.129. The maximum atomic E-state index is 13.2. The van der Waals surface area contributed by atoms with Crippen molar-refractivity contribution in [2.45, 2.75) is 83.1 Å². The average molecular weight is 524 g/mol. The second kappa shape index (κ2) is 15.8. The summed E-state index contributed by atoms with van der Waals surface area (Å²) in [7, 11) is 0. The zero-order chi connectivity index (χ0) is 28.1. The number of carboxylic acids is 1. The molecule has 0 aliphatic rings. The van der Waals surface area contributed by atoms with Crippen LogP contribution >= 0.6 is 0 Å². The van der Waals surface area contributed by atoms with Crippen LogP contribution in [0.5, 0.6) is 5.75 Å². The van der Waals surface area contributed by atoms with Gasteiger partial charge < -0.3 is 42.7 Å². The normalized spacial score (nSPS) is 15.2. The number of unbranched alkanes of at least 4 members (excludes halogenated alkanes) is 1. The molecule has 12 heteroatoms. The molecule has 1 aromatic carbocycles. The number of carbonyl (C=O) groups is 4. The molecule has 5 unspecified atom stereocenters. The third-order valence-corrected chi connectivity index (χ3v) is 5.70. The van der Waals surface area contributed by atoms with Crippen molar-refractivity contribution in [3.63, 3.8) is 0 Å². The second-order valence-corrected chi connectivity index (χ2v) is 9.58. The van der Waals surface area contributed by atoms with E-state index >= 15 is 0 Å². The van der Waals surface area contributed by atoms with E-state index in [1.165, 1.54) is 19.1 Å². The van der Waals surface area contributed by atoms with E-state index in [1.807, 2.05) is 13.8 Å². The highest BCUT2D eigenvalue weighted by Crippen LogP contribution is 2.13. The second-order valence-electron chi connectivity index (χ2n) is 9.58. The van der Waals surface area contributed by atoms with Crippen LogP contribution in [-0.2, 0) is 25.6 Å². The lowest BCUT2D eigenvalue weighted by Gasteiger charge is -2.26. The van der Waals surface area contributed by atoms with E-state index in [0.717, 1.165) is 0 Å². The number of carboxylic acid groups (broad SMARTS) is 1. The first-order valence-corrected chi connectivity index (χ1v) is 12.4. The van der Waals surface area contributed by atoms with Crippen LogP contribution in [0, 0.1) is 5.92 Å². The number of aliphatic hydroxyl groups is 1. The van der Waals surface area contributed by atoms with E-state index in [4.69, 9.17) is 11.5 Å². The van der Waals surface area contributed by atoms with Crippen molar-refractivity contribution in [1.82, 2.24) is 16.0 Å². The first-order valence-electron chi connectivity index (χ1n) is 12.4. The first kappa shape index (κ1) is 31.8. The number of carbonyl (C=O) groups excluding carboxylic acids is 3. The summed E-state index contributed by atoms with van der Waals surface area (Å²) in [6, 6.07) is 1.27. The summed E-state index contributed by atoms with van der Waals surface area (Å²) < 4.78 is 0. The van der Waals surface area contributed by atoms with Crippen LogP contribution in [0.4, 0.5) is 0 Å². The van der Waals surface area contributed by atoms with E-state index in [0.29, 0.717) is 31.4 Å². The van der Waals surface area contributed by atoms with Gasteiger partial charge in [-0.3, -0.25) is 14.4 Å². The number of phenols is 1. The molecule has 10 N–H and O–H groups in total. The third kappa shape index (κ3) is 11.6. The van der Waals surface area contributed by atoms with Crippen molar-refractivity contribution in [3.8, 4) is 5.75 Å². The van der Waals surface area contributed by atoms with Crippen LogP contribution in [0.3, 0.4) is 0 Å².